The molecule has 0 saturated heterocycles. The highest BCUT2D eigenvalue weighted by atomic mass is 14.8. The van der Waals surface area contributed by atoms with E-state index in [0.29, 0.717) is 6.54 Å². The van der Waals surface area contributed by atoms with Crippen molar-refractivity contribution in [3.8, 4) is 0 Å². The van der Waals surface area contributed by atoms with Gasteiger partial charge in [0.15, 0.2) is 0 Å². The molecule has 3 unspecified atom stereocenters. The number of nitrogens with two attached hydrogens (primary N) is 4. The SMILES string of the molecule is CC(N)C(C(C)N)C(N)CCN. The maximum absolute atomic E-state index is 5.89. The Morgan fingerprint density at radius 3 is 1.67 bits per heavy atom. The van der Waals surface area contributed by atoms with Crippen molar-refractivity contribution in [2.75, 3.05) is 6.54 Å². The Morgan fingerprint density at radius 1 is 1.00 bits per heavy atom. The van der Waals surface area contributed by atoms with E-state index < -0.39 is 0 Å². The fraction of sp³-hybridized carbons (Fsp3) is 1.00. The number of hydrogen-bond donors (Lipinski definition) is 4. The molecule has 12 heavy (non-hydrogen) atoms. The van der Waals surface area contributed by atoms with Gasteiger partial charge in [0.25, 0.3) is 0 Å². The predicted molar refractivity (Wildman–Crippen MR) is 52.4 cm³/mol. The van der Waals surface area contributed by atoms with Crippen molar-refractivity contribution >= 4 is 0 Å². The van der Waals surface area contributed by atoms with Crippen LogP contribution in [0.1, 0.15) is 20.3 Å². The van der Waals surface area contributed by atoms with Gasteiger partial charge in [0.1, 0.15) is 0 Å². The summed E-state index contributed by atoms with van der Waals surface area (Å²) in [5, 5.41) is 0. The van der Waals surface area contributed by atoms with E-state index in [0.717, 1.165) is 6.42 Å². The van der Waals surface area contributed by atoms with E-state index in [9.17, 15) is 0 Å². The monoisotopic (exact) mass is 174 g/mol. The van der Waals surface area contributed by atoms with Crippen LogP contribution in [0.2, 0.25) is 0 Å². The topological polar surface area (TPSA) is 104 Å². The fourth-order valence-electron chi connectivity index (χ4n) is 1.64. The van der Waals surface area contributed by atoms with Crippen molar-refractivity contribution in [3.05, 3.63) is 0 Å². The van der Waals surface area contributed by atoms with Gasteiger partial charge in [-0.05, 0) is 26.8 Å². The molecule has 0 aromatic heterocycles. The lowest BCUT2D eigenvalue weighted by Gasteiger charge is -2.30. The van der Waals surface area contributed by atoms with Crippen molar-refractivity contribution < 1.29 is 0 Å². The molecule has 0 saturated carbocycles. The van der Waals surface area contributed by atoms with Gasteiger partial charge in [-0.25, -0.2) is 0 Å². The zero-order chi connectivity index (χ0) is 9.72. The van der Waals surface area contributed by atoms with Crippen molar-refractivity contribution in [2.24, 2.45) is 28.9 Å². The average molecular weight is 174 g/mol. The van der Waals surface area contributed by atoms with Crippen LogP contribution >= 0.6 is 0 Å². The summed E-state index contributed by atoms with van der Waals surface area (Å²) in [4.78, 5) is 0. The minimum atomic E-state index is 0.0231. The largest absolute Gasteiger partial charge is 0.330 e. The van der Waals surface area contributed by atoms with E-state index in [1.165, 1.54) is 0 Å². The summed E-state index contributed by atoms with van der Waals surface area (Å²) >= 11 is 0. The minimum absolute atomic E-state index is 0.0231. The highest BCUT2D eigenvalue weighted by molar-refractivity contribution is 4.85. The smallest absolute Gasteiger partial charge is 0.0109 e. The van der Waals surface area contributed by atoms with Crippen LogP contribution in [0.15, 0.2) is 0 Å². The van der Waals surface area contributed by atoms with Crippen molar-refractivity contribution in [3.63, 3.8) is 0 Å². The Kier molecular flexibility index (Phi) is 5.41. The molecule has 0 spiro atoms. The van der Waals surface area contributed by atoms with Gasteiger partial charge in [-0.3, -0.25) is 0 Å². The summed E-state index contributed by atoms with van der Waals surface area (Å²) in [6.07, 6.45) is 0.785. The summed E-state index contributed by atoms with van der Waals surface area (Å²) in [6, 6.07) is 0.0908. The molecule has 0 amide bonds. The highest BCUT2D eigenvalue weighted by Gasteiger charge is 2.24. The zero-order valence-corrected chi connectivity index (χ0v) is 8.03. The second-order valence-corrected chi connectivity index (χ2v) is 3.54. The molecular formula is C8H22N4. The van der Waals surface area contributed by atoms with Crippen molar-refractivity contribution in [1.82, 2.24) is 0 Å². The van der Waals surface area contributed by atoms with Crippen LogP contribution in [-0.2, 0) is 0 Å². The van der Waals surface area contributed by atoms with Gasteiger partial charge < -0.3 is 22.9 Å². The quantitative estimate of drug-likeness (QED) is 0.428. The minimum Gasteiger partial charge on any atom is -0.330 e. The average Bonchev–Trinajstić information content (AvgIpc) is 1.85. The normalized spacial score (nSPS) is 21.5. The first-order valence-corrected chi connectivity index (χ1v) is 4.47. The van der Waals surface area contributed by atoms with Crippen LogP contribution in [0, 0.1) is 5.92 Å². The van der Waals surface area contributed by atoms with E-state index in [1.54, 1.807) is 0 Å². The van der Waals surface area contributed by atoms with Crippen molar-refractivity contribution in [2.45, 2.75) is 38.4 Å². The lowest BCUT2D eigenvalue weighted by atomic mass is 9.86. The fourth-order valence-corrected chi connectivity index (χ4v) is 1.64. The molecule has 74 valence electrons. The Balaban J connectivity index is 4.09. The van der Waals surface area contributed by atoms with Crippen LogP contribution in [0.25, 0.3) is 0 Å². The first-order chi connectivity index (χ1) is 5.50. The van der Waals surface area contributed by atoms with Crippen LogP contribution in [-0.4, -0.2) is 24.7 Å². The second kappa shape index (κ2) is 5.48. The molecule has 0 aromatic rings. The first-order valence-electron chi connectivity index (χ1n) is 4.47. The molecule has 4 heteroatoms. The van der Waals surface area contributed by atoms with Crippen LogP contribution in [0.3, 0.4) is 0 Å². The van der Waals surface area contributed by atoms with Gasteiger partial charge in [0.2, 0.25) is 0 Å². The summed E-state index contributed by atoms with van der Waals surface area (Å²) in [7, 11) is 0. The van der Waals surface area contributed by atoms with Gasteiger partial charge in [0.05, 0.1) is 0 Å². The molecule has 0 aromatic carbocycles. The van der Waals surface area contributed by atoms with Gasteiger partial charge in [-0.1, -0.05) is 0 Å². The van der Waals surface area contributed by atoms with Crippen LogP contribution in [0.5, 0.6) is 0 Å². The molecule has 0 rings (SSSR count). The molecule has 0 radical (unpaired) electrons. The third-order valence-corrected chi connectivity index (χ3v) is 2.21. The maximum atomic E-state index is 5.89. The maximum Gasteiger partial charge on any atom is 0.0109 e. The molecule has 0 aliphatic rings. The highest BCUT2D eigenvalue weighted by Crippen LogP contribution is 2.11. The van der Waals surface area contributed by atoms with E-state index in [4.69, 9.17) is 22.9 Å². The lowest BCUT2D eigenvalue weighted by molar-refractivity contribution is 0.307. The summed E-state index contributed by atoms with van der Waals surface area (Å²) < 4.78 is 0. The molecule has 0 heterocycles. The standard InChI is InChI=1S/C8H22N4/c1-5(10)8(6(2)11)7(12)3-4-9/h5-8H,3-4,9-12H2,1-2H3. The Morgan fingerprint density at radius 2 is 1.42 bits per heavy atom. The predicted octanol–water partition coefficient (Wildman–Crippen LogP) is -1.03. The lowest BCUT2D eigenvalue weighted by Crippen LogP contribution is -2.50. The Bertz CT molecular complexity index is 106. The third-order valence-electron chi connectivity index (χ3n) is 2.21. The second-order valence-electron chi connectivity index (χ2n) is 3.54. The van der Waals surface area contributed by atoms with E-state index in [2.05, 4.69) is 0 Å². The summed E-state index contributed by atoms with van der Waals surface area (Å²) in [6.45, 7) is 4.46. The van der Waals surface area contributed by atoms with E-state index >= 15 is 0 Å². The Hall–Kier alpha value is -0.160. The number of hydrogen-bond acceptors (Lipinski definition) is 4. The number of rotatable bonds is 5. The molecule has 0 fully saturated rings. The van der Waals surface area contributed by atoms with Gasteiger partial charge in [-0.2, -0.15) is 0 Å². The van der Waals surface area contributed by atoms with Crippen molar-refractivity contribution in [1.29, 1.82) is 0 Å². The molecule has 0 bridgehead atoms. The molecule has 3 atom stereocenters. The zero-order valence-electron chi connectivity index (χ0n) is 8.03. The molecule has 4 nitrogen and oxygen atoms in total. The van der Waals surface area contributed by atoms with Gasteiger partial charge in [-0.15, -0.1) is 0 Å². The van der Waals surface area contributed by atoms with Crippen LogP contribution < -0.4 is 22.9 Å². The summed E-state index contributed by atoms with van der Waals surface area (Å²) in [5.74, 6) is 0.161. The molecule has 0 aliphatic carbocycles. The van der Waals surface area contributed by atoms with Gasteiger partial charge in [0, 0.05) is 24.0 Å². The first kappa shape index (κ1) is 11.8. The Labute approximate surface area is 74.7 Å². The van der Waals surface area contributed by atoms with E-state index in [1.807, 2.05) is 13.8 Å². The molecule has 0 aliphatic heterocycles. The van der Waals surface area contributed by atoms with E-state index in [-0.39, 0.29) is 24.0 Å². The molecule has 8 N–H and O–H groups in total. The summed E-state index contributed by atoms with van der Waals surface area (Å²) in [5.41, 5.74) is 22.8. The third kappa shape index (κ3) is 3.49. The van der Waals surface area contributed by atoms with Gasteiger partial charge >= 0.3 is 0 Å². The van der Waals surface area contributed by atoms with Crippen LogP contribution in [0.4, 0.5) is 0 Å². The molecular weight excluding hydrogens is 152 g/mol.